The molecule has 0 radical (unpaired) electrons. The minimum atomic E-state index is -3.46. The Morgan fingerprint density at radius 1 is 1.24 bits per heavy atom. The summed E-state index contributed by atoms with van der Waals surface area (Å²) < 4.78 is 31.2. The van der Waals surface area contributed by atoms with Crippen molar-refractivity contribution < 1.29 is 22.7 Å². The molecule has 7 nitrogen and oxygen atoms in total. The lowest BCUT2D eigenvalue weighted by molar-refractivity contribution is -0.127. The van der Waals surface area contributed by atoms with Gasteiger partial charge in [0.25, 0.3) is 15.9 Å². The lowest BCUT2D eigenvalue weighted by Gasteiger charge is -2.33. The smallest absolute Gasteiger partial charge is 0.417 e. The van der Waals surface area contributed by atoms with Gasteiger partial charge in [0.15, 0.2) is 6.61 Å². The lowest BCUT2D eigenvalue weighted by atomic mass is 10.1. The maximum atomic E-state index is 12.4. The Bertz CT molecular complexity index is 631. The molecule has 2 amide bonds. The van der Waals surface area contributed by atoms with E-state index in [-0.39, 0.29) is 18.6 Å². The number of carbonyl (C=O) groups excluding carboxylic acids is 2. The van der Waals surface area contributed by atoms with Gasteiger partial charge in [0.05, 0.1) is 0 Å². The first-order chi connectivity index (χ1) is 10.00. The van der Waals surface area contributed by atoms with Crippen molar-refractivity contribution in [2.45, 2.75) is 23.1 Å². The maximum Gasteiger partial charge on any atom is 0.417 e. The van der Waals surface area contributed by atoms with E-state index in [9.17, 15) is 18.0 Å². The number of imide groups is 1. The number of thiophene rings is 1. The molecule has 0 aromatic carbocycles. The largest absolute Gasteiger partial charge is 0.439 e. The third-order valence-corrected chi connectivity index (χ3v) is 6.93. The van der Waals surface area contributed by atoms with E-state index >= 15 is 0 Å². The predicted octanol–water partition coefficient (Wildman–Crippen LogP) is 0.880. The number of ether oxygens (including phenoxy) is 1. The number of rotatable bonds is 3. The number of piperidine rings is 1. The zero-order valence-corrected chi connectivity index (χ0v) is 12.7. The highest BCUT2D eigenvalue weighted by Crippen LogP contribution is 2.27. The summed E-state index contributed by atoms with van der Waals surface area (Å²) in [5, 5.41) is 1.72. The van der Waals surface area contributed by atoms with Crippen LogP contribution in [-0.4, -0.2) is 55.4 Å². The molecule has 2 saturated heterocycles. The molecule has 0 spiro atoms. The fraction of sp³-hybridized carbons (Fsp3) is 0.500. The number of hydrogen-bond acceptors (Lipinski definition) is 6. The molecule has 9 heteroatoms. The van der Waals surface area contributed by atoms with Crippen LogP contribution >= 0.6 is 11.3 Å². The predicted molar refractivity (Wildman–Crippen MR) is 74.3 cm³/mol. The summed E-state index contributed by atoms with van der Waals surface area (Å²) in [6, 6.07) is 3.00. The van der Waals surface area contributed by atoms with Crippen molar-refractivity contribution in [2.75, 3.05) is 19.7 Å². The van der Waals surface area contributed by atoms with Crippen molar-refractivity contribution in [3.05, 3.63) is 17.5 Å². The van der Waals surface area contributed by atoms with Gasteiger partial charge in [0.1, 0.15) is 4.21 Å². The van der Waals surface area contributed by atoms with Crippen LogP contribution in [0.1, 0.15) is 12.8 Å². The molecule has 0 aliphatic carbocycles. The highest BCUT2D eigenvalue weighted by atomic mass is 32.2. The summed E-state index contributed by atoms with van der Waals surface area (Å²) in [5.41, 5.74) is 0. The molecule has 1 aromatic rings. The van der Waals surface area contributed by atoms with Gasteiger partial charge in [0, 0.05) is 19.1 Å². The quantitative estimate of drug-likeness (QED) is 0.821. The first kappa shape index (κ1) is 14.5. The standard InChI is InChI=1S/C12H14N2O5S2/c15-10-8-19-12(16)14(10)9-3-5-13(6-4-9)21(17,18)11-2-1-7-20-11/h1-2,7,9H,3-6,8H2. The van der Waals surface area contributed by atoms with E-state index in [2.05, 4.69) is 0 Å². The second-order valence-electron chi connectivity index (χ2n) is 4.89. The van der Waals surface area contributed by atoms with Crippen molar-refractivity contribution in [2.24, 2.45) is 0 Å². The molecular weight excluding hydrogens is 316 g/mol. The lowest BCUT2D eigenvalue weighted by Crippen LogP contribution is -2.48. The van der Waals surface area contributed by atoms with Crippen molar-refractivity contribution in [3.63, 3.8) is 0 Å². The minimum absolute atomic E-state index is 0.216. The van der Waals surface area contributed by atoms with Crippen LogP contribution in [0.3, 0.4) is 0 Å². The number of hydrogen-bond donors (Lipinski definition) is 0. The van der Waals surface area contributed by atoms with Gasteiger partial charge in [-0.15, -0.1) is 11.3 Å². The molecule has 0 N–H and O–H groups in total. The van der Waals surface area contributed by atoms with Crippen LogP contribution < -0.4 is 0 Å². The van der Waals surface area contributed by atoms with E-state index in [1.54, 1.807) is 17.5 Å². The normalized spacial score (nSPS) is 21.8. The van der Waals surface area contributed by atoms with E-state index in [1.807, 2.05) is 0 Å². The van der Waals surface area contributed by atoms with Crippen molar-refractivity contribution >= 4 is 33.4 Å². The van der Waals surface area contributed by atoms with Crippen LogP contribution in [0.25, 0.3) is 0 Å². The van der Waals surface area contributed by atoms with Crippen molar-refractivity contribution in [1.82, 2.24) is 9.21 Å². The third kappa shape index (κ3) is 2.56. The molecule has 2 aliphatic rings. The van der Waals surface area contributed by atoms with Gasteiger partial charge in [0.2, 0.25) is 0 Å². The van der Waals surface area contributed by atoms with Gasteiger partial charge in [-0.3, -0.25) is 4.79 Å². The van der Waals surface area contributed by atoms with E-state index in [0.717, 1.165) is 4.90 Å². The fourth-order valence-corrected chi connectivity index (χ4v) is 5.21. The molecule has 0 atom stereocenters. The zero-order chi connectivity index (χ0) is 15.0. The summed E-state index contributed by atoms with van der Waals surface area (Å²) >= 11 is 1.18. The van der Waals surface area contributed by atoms with E-state index in [0.29, 0.717) is 30.1 Å². The Morgan fingerprint density at radius 3 is 2.48 bits per heavy atom. The molecule has 2 aliphatic heterocycles. The first-order valence-electron chi connectivity index (χ1n) is 6.52. The van der Waals surface area contributed by atoms with Crippen molar-refractivity contribution in [3.8, 4) is 0 Å². The molecular formula is C12H14N2O5S2. The summed E-state index contributed by atoms with van der Waals surface area (Å²) in [5.74, 6) is -0.348. The van der Waals surface area contributed by atoms with Crippen LogP contribution in [0.15, 0.2) is 21.7 Å². The Morgan fingerprint density at radius 2 is 1.95 bits per heavy atom. The number of nitrogens with zero attached hydrogens (tertiary/aromatic N) is 2. The maximum absolute atomic E-state index is 12.4. The topological polar surface area (TPSA) is 84.0 Å². The van der Waals surface area contributed by atoms with Crippen LogP contribution in [0, 0.1) is 0 Å². The van der Waals surface area contributed by atoms with E-state index in [1.165, 1.54) is 15.6 Å². The second kappa shape index (κ2) is 5.39. The third-order valence-electron chi connectivity index (χ3n) is 3.66. The molecule has 21 heavy (non-hydrogen) atoms. The molecule has 3 rings (SSSR count). The molecule has 114 valence electrons. The van der Waals surface area contributed by atoms with Crippen molar-refractivity contribution in [1.29, 1.82) is 0 Å². The highest BCUT2D eigenvalue weighted by Gasteiger charge is 2.40. The fourth-order valence-electron chi connectivity index (χ4n) is 2.60. The monoisotopic (exact) mass is 330 g/mol. The average molecular weight is 330 g/mol. The second-order valence-corrected chi connectivity index (χ2v) is 8.00. The molecule has 2 fully saturated rings. The summed E-state index contributed by atoms with van der Waals surface area (Å²) in [6.45, 7) is 0.371. The number of amides is 2. The van der Waals surface area contributed by atoms with Gasteiger partial charge in [-0.1, -0.05) is 6.07 Å². The van der Waals surface area contributed by atoms with E-state index in [4.69, 9.17) is 4.74 Å². The van der Waals surface area contributed by atoms with Crippen LogP contribution in [0.5, 0.6) is 0 Å². The van der Waals surface area contributed by atoms with E-state index < -0.39 is 16.1 Å². The Kier molecular flexibility index (Phi) is 3.72. The molecule has 0 saturated carbocycles. The summed E-state index contributed by atoms with van der Waals surface area (Å²) in [6.07, 6.45) is 0.247. The Labute approximate surface area is 126 Å². The zero-order valence-electron chi connectivity index (χ0n) is 11.1. The van der Waals surface area contributed by atoms with Crippen LogP contribution in [0.4, 0.5) is 4.79 Å². The molecule has 1 aromatic heterocycles. The van der Waals surface area contributed by atoms with Gasteiger partial charge in [-0.2, -0.15) is 4.31 Å². The van der Waals surface area contributed by atoms with Gasteiger partial charge < -0.3 is 4.74 Å². The molecule has 3 heterocycles. The minimum Gasteiger partial charge on any atom is -0.439 e. The van der Waals surface area contributed by atoms with Gasteiger partial charge in [-0.25, -0.2) is 18.1 Å². The first-order valence-corrected chi connectivity index (χ1v) is 8.84. The summed E-state index contributed by atoms with van der Waals surface area (Å²) in [4.78, 5) is 24.2. The molecule has 0 bridgehead atoms. The number of cyclic esters (lactones) is 1. The summed E-state index contributed by atoms with van der Waals surface area (Å²) in [7, 11) is -3.46. The average Bonchev–Trinajstić information content (AvgIpc) is 3.10. The van der Waals surface area contributed by atoms with Crippen LogP contribution in [0.2, 0.25) is 0 Å². The number of sulfonamides is 1. The number of carbonyl (C=O) groups is 2. The Hall–Kier alpha value is -1.45. The van der Waals surface area contributed by atoms with Crippen LogP contribution in [-0.2, 0) is 19.6 Å². The SMILES string of the molecule is O=C1COC(=O)N1C1CCN(S(=O)(=O)c2cccs2)CC1. The van der Waals surface area contributed by atoms with Gasteiger partial charge >= 0.3 is 6.09 Å². The Balaban J connectivity index is 1.68. The molecule has 0 unspecified atom stereocenters. The highest BCUT2D eigenvalue weighted by molar-refractivity contribution is 7.91. The van der Waals surface area contributed by atoms with Gasteiger partial charge in [-0.05, 0) is 24.3 Å².